The summed E-state index contributed by atoms with van der Waals surface area (Å²) in [6, 6.07) is 0. The van der Waals surface area contributed by atoms with E-state index in [4.69, 9.17) is 4.74 Å². The Morgan fingerprint density at radius 2 is 2.55 bits per heavy atom. The van der Waals surface area contributed by atoms with Crippen LogP contribution in [0, 0.1) is 0 Å². The van der Waals surface area contributed by atoms with Gasteiger partial charge in [-0.15, -0.1) is 0 Å². The molecule has 62 valence electrons. The number of nitrogens with zero attached hydrogens (tertiary/aromatic N) is 1. The predicted octanol–water partition coefficient (Wildman–Crippen LogP) is 0.420. The third-order valence-corrected chi connectivity index (χ3v) is 1.96. The molecule has 0 aromatic heterocycles. The molecule has 1 fully saturated rings. The lowest BCUT2D eigenvalue weighted by atomic mass is 10.3. The van der Waals surface area contributed by atoms with Gasteiger partial charge in [-0.05, 0) is 12.5 Å². The normalized spacial score (nSPS) is 23.7. The fraction of sp³-hybridized carbons (Fsp3) is 0.625. The number of carbonyl (C=O) groups is 1. The van der Waals surface area contributed by atoms with Gasteiger partial charge in [-0.25, -0.2) is 0 Å². The third-order valence-electron chi connectivity index (χ3n) is 1.96. The van der Waals surface area contributed by atoms with E-state index in [-0.39, 0.29) is 12.0 Å². The van der Waals surface area contributed by atoms with Crippen molar-refractivity contribution in [1.82, 2.24) is 4.90 Å². The summed E-state index contributed by atoms with van der Waals surface area (Å²) in [6.45, 7) is 4.93. The molecule has 0 bridgehead atoms. The maximum atomic E-state index is 11.0. The van der Waals surface area contributed by atoms with Gasteiger partial charge in [0.15, 0.2) is 0 Å². The molecule has 0 aromatic rings. The summed E-state index contributed by atoms with van der Waals surface area (Å²) in [4.78, 5) is 12.8. The number of methoxy groups -OCH3 is 1. The smallest absolute Gasteiger partial charge is 0.246 e. The molecular weight excluding hydrogens is 142 g/mol. The Labute approximate surface area is 66.6 Å². The summed E-state index contributed by atoms with van der Waals surface area (Å²) in [6.07, 6.45) is 2.51. The number of likely N-dealkylation sites (tertiary alicyclic amines) is 1. The standard InChI is InChI=1S/C8H13NO2/c1-3-8(10)9-5-4-7(6-9)11-2/h3,7H,1,4-6H2,2H3/t7-/m1/s1. The first-order valence-corrected chi connectivity index (χ1v) is 3.72. The minimum atomic E-state index is 0.00421. The molecule has 3 heteroatoms. The van der Waals surface area contributed by atoms with E-state index in [1.807, 2.05) is 0 Å². The van der Waals surface area contributed by atoms with Crippen molar-refractivity contribution in [1.29, 1.82) is 0 Å². The molecular formula is C8H13NO2. The van der Waals surface area contributed by atoms with Crippen LogP contribution in [0.1, 0.15) is 6.42 Å². The number of amides is 1. The molecule has 1 amide bonds. The lowest BCUT2D eigenvalue weighted by Gasteiger charge is -2.12. The van der Waals surface area contributed by atoms with Crippen molar-refractivity contribution in [2.45, 2.75) is 12.5 Å². The van der Waals surface area contributed by atoms with Crippen LogP contribution < -0.4 is 0 Å². The monoisotopic (exact) mass is 155 g/mol. The summed E-state index contributed by atoms with van der Waals surface area (Å²) in [5.74, 6) is 0.00421. The molecule has 0 spiro atoms. The van der Waals surface area contributed by atoms with Gasteiger partial charge >= 0.3 is 0 Å². The van der Waals surface area contributed by atoms with Crippen molar-refractivity contribution < 1.29 is 9.53 Å². The van der Waals surface area contributed by atoms with E-state index in [0.717, 1.165) is 13.0 Å². The van der Waals surface area contributed by atoms with Crippen molar-refractivity contribution >= 4 is 5.91 Å². The van der Waals surface area contributed by atoms with E-state index in [0.29, 0.717) is 6.54 Å². The first-order chi connectivity index (χ1) is 5.27. The van der Waals surface area contributed by atoms with Gasteiger partial charge in [-0.3, -0.25) is 4.79 Å². The van der Waals surface area contributed by atoms with Gasteiger partial charge < -0.3 is 9.64 Å². The summed E-state index contributed by atoms with van der Waals surface area (Å²) in [7, 11) is 1.67. The summed E-state index contributed by atoms with van der Waals surface area (Å²) >= 11 is 0. The van der Waals surface area contributed by atoms with Crippen LogP contribution >= 0.6 is 0 Å². The molecule has 0 saturated carbocycles. The molecule has 1 rings (SSSR count). The molecule has 0 N–H and O–H groups in total. The Balaban J connectivity index is 2.41. The topological polar surface area (TPSA) is 29.5 Å². The van der Waals surface area contributed by atoms with Crippen molar-refractivity contribution in [2.75, 3.05) is 20.2 Å². The third kappa shape index (κ3) is 1.80. The van der Waals surface area contributed by atoms with Gasteiger partial charge in [0.25, 0.3) is 0 Å². The minimum Gasteiger partial charge on any atom is -0.380 e. The minimum absolute atomic E-state index is 0.00421. The Morgan fingerprint density at radius 1 is 1.82 bits per heavy atom. The molecule has 1 heterocycles. The zero-order valence-electron chi connectivity index (χ0n) is 6.75. The number of hydrogen-bond donors (Lipinski definition) is 0. The highest BCUT2D eigenvalue weighted by atomic mass is 16.5. The molecule has 1 aliphatic rings. The van der Waals surface area contributed by atoms with E-state index < -0.39 is 0 Å². The number of carbonyl (C=O) groups excluding carboxylic acids is 1. The molecule has 11 heavy (non-hydrogen) atoms. The van der Waals surface area contributed by atoms with Crippen LogP contribution in [0.5, 0.6) is 0 Å². The second-order valence-electron chi connectivity index (χ2n) is 2.63. The zero-order valence-corrected chi connectivity index (χ0v) is 6.75. The SMILES string of the molecule is C=CC(=O)N1CC[C@@H](OC)C1. The van der Waals surface area contributed by atoms with E-state index in [1.54, 1.807) is 12.0 Å². The summed E-state index contributed by atoms with van der Waals surface area (Å²) in [5.41, 5.74) is 0. The zero-order chi connectivity index (χ0) is 8.27. The molecule has 0 radical (unpaired) electrons. The lowest BCUT2D eigenvalue weighted by molar-refractivity contribution is -0.125. The van der Waals surface area contributed by atoms with Crippen LogP contribution in [0.2, 0.25) is 0 Å². The van der Waals surface area contributed by atoms with Gasteiger partial charge in [0.2, 0.25) is 5.91 Å². The van der Waals surface area contributed by atoms with Crippen LogP contribution in [0.15, 0.2) is 12.7 Å². The molecule has 3 nitrogen and oxygen atoms in total. The average molecular weight is 155 g/mol. The quantitative estimate of drug-likeness (QED) is 0.541. The highest BCUT2D eigenvalue weighted by Gasteiger charge is 2.23. The van der Waals surface area contributed by atoms with Gasteiger partial charge in [-0.1, -0.05) is 6.58 Å². The number of rotatable bonds is 2. The first-order valence-electron chi connectivity index (χ1n) is 3.72. The van der Waals surface area contributed by atoms with Crippen molar-refractivity contribution in [3.63, 3.8) is 0 Å². The van der Waals surface area contributed by atoms with Crippen molar-refractivity contribution in [3.05, 3.63) is 12.7 Å². The fourth-order valence-corrected chi connectivity index (χ4v) is 1.25. The Bertz CT molecular complexity index is 167. The highest BCUT2D eigenvalue weighted by molar-refractivity contribution is 5.87. The van der Waals surface area contributed by atoms with Crippen molar-refractivity contribution in [2.24, 2.45) is 0 Å². The van der Waals surface area contributed by atoms with E-state index >= 15 is 0 Å². The van der Waals surface area contributed by atoms with Gasteiger partial charge in [0.05, 0.1) is 6.10 Å². The van der Waals surface area contributed by atoms with Gasteiger partial charge in [0.1, 0.15) is 0 Å². The molecule has 0 aromatic carbocycles. The Kier molecular flexibility index (Phi) is 2.65. The largest absolute Gasteiger partial charge is 0.380 e. The Hall–Kier alpha value is -0.830. The first kappa shape index (κ1) is 8.27. The van der Waals surface area contributed by atoms with E-state index in [1.165, 1.54) is 6.08 Å². The summed E-state index contributed by atoms with van der Waals surface area (Å²) < 4.78 is 5.11. The predicted molar refractivity (Wildman–Crippen MR) is 42.2 cm³/mol. The van der Waals surface area contributed by atoms with E-state index in [2.05, 4.69) is 6.58 Å². The maximum Gasteiger partial charge on any atom is 0.246 e. The Morgan fingerprint density at radius 3 is 3.00 bits per heavy atom. The van der Waals surface area contributed by atoms with Crippen LogP contribution in [0.3, 0.4) is 0 Å². The molecule has 0 aliphatic carbocycles. The van der Waals surface area contributed by atoms with Crippen LogP contribution in [-0.4, -0.2) is 37.1 Å². The van der Waals surface area contributed by atoms with Crippen LogP contribution in [-0.2, 0) is 9.53 Å². The maximum absolute atomic E-state index is 11.0. The number of ether oxygens (including phenoxy) is 1. The highest BCUT2D eigenvalue weighted by Crippen LogP contribution is 2.11. The molecule has 1 saturated heterocycles. The average Bonchev–Trinajstić information content (AvgIpc) is 2.50. The molecule has 1 aliphatic heterocycles. The lowest BCUT2D eigenvalue weighted by Crippen LogP contribution is -2.27. The van der Waals surface area contributed by atoms with Crippen LogP contribution in [0.25, 0.3) is 0 Å². The molecule has 0 unspecified atom stereocenters. The summed E-state index contributed by atoms with van der Waals surface area (Å²) in [5, 5.41) is 0. The van der Waals surface area contributed by atoms with Crippen molar-refractivity contribution in [3.8, 4) is 0 Å². The van der Waals surface area contributed by atoms with Gasteiger partial charge in [0, 0.05) is 20.2 Å². The number of hydrogen-bond acceptors (Lipinski definition) is 2. The van der Waals surface area contributed by atoms with Crippen LogP contribution in [0.4, 0.5) is 0 Å². The fourth-order valence-electron chi connectivity index (χ4n) is 1.25. The van der Waals surface area contributed by atoms with Gasteiger partial charge in [-0.2, -0.15) is 0 Å². The second kappa shape index (κ2) is 3.53. The molecule has 1 atom stereocenters. The second-order valence-corrected chi connectivity index (χ2v) is 2.63. The van der Waals surface area contributed by atoms with E-state index in [9.17, 15) is 4.79 Å².